The number of rotatable bonds is 7. The second-order valence-electron chi connectivity index (χ2n) is 13.2. The van der Waals surface area contributed by atoms with Crippen LogP contribution in [-0.2, 0) is 0 Å². The molecule has 0 aromatic heterocycles. The van der Waals surface area contributed by atoms with E-state index in [2.05, 4.69) is 118 Å². The van der Waals surface area contributed by atoms with Gasteiger partial charge >= 0.3 is 0 Å². The normalized spacial score (nSPS) is 15.2. The topological polar surface area (TPSA) is 0 Å². The molecule has 0 spiro atoms. The predicted molar refractivity (Wildman–Crippen MR) is 135 cm³/mol. The van der Waals surface area contributed by atoms with Crippen molar-refractivity contribution >= 4 is 0 Å². The summed E-state index contributed by atoms with van der Waals surface area (Å²) in [6.45, 7) is 39.9. The molecule has 0 aliphatic rings. The molecule has 0 rings (SSSR count). The Hall–Kier alpha value is 0. The maximum Gasteiger partial charge on any atom is -0.0277 e. The van der Waals surface area contributed by atoms with Gasteiger partial charge in [0.25, 0.3) is 0 Å². The first kappa shape index (κ1) is 32.7. The van der Waals surface area contributed by atoms with Crippen LogP contribution in [0.25, 0.3) is 0 Å². The van der Waals surface area contributed by atoms with Crippen molar-refractivity contribution in [2.45, 2.75) is 143 Å². The predicted octanol–water partition coefficient (Wildman–Crippen LogP) is 10.7. The number of hydrogen-bond donors (Lipinski definition) is 0. The summed E-state index contributed by atoms with van der Waals surface area (Å²) in [6, 6.07) is 0. The molecule has 0 saturated carbocycles. The molecule has 0 aliphatic heterocycles. The van der Waals surface area contributed by atoms with E-state index in [1.165, 1.54) is 25.7 Å². The summed E-state index contributed by atoms with van der Waals surface area (Å²) in [5, 5.41) is 0. The fourth-order valence-corrected chi connectivity index (χ4v) is 3.81. The van der Waals surface area contributed by atoms with Crippen molar-refractivity contribution in [3.8, 4) is 0 Å². The zero-order valence-corrected chi connectivity index (χ0v) is 23.6. The van der Waals surface area contributed by atoms with E-state index in [1.807, 2.05) is 0 Å². The SMILES string of the molecule is CC(C)C.CCC.CCC(C)(C)C(C)(C)C(C)CC(C)C(C)(C)CC(C)(C)C. The Kier molecular flexibility index (Phi) is 15.6. The van der Waals surface area contributed by atoms with Crippen LogP contribution < -0.4 is 0 Å². The van der Waals surface area contributed by atoms with Crippen molar-refractivity contribution in [1.29, 1.82) is 0 Å². The van der Waals surface area contributed by atoms with Crippen LogP contribution in [-0.4, -0.2) is 0 Å². The molecule has 28 heavy (non-hydrogen) atoms. The molecular formula is C28H62. The summed E-state index contributed by atoms with van der Waals surface area (Å²) in [4.78, 5) is 0. The Balaban J connectivity index is -0.000000766. The molecule has 0 heteroatoms. The fraction of sp³-hybridized carbons (Fsp3) is 1.00. The third kappa shape index (κ3) is 14.1. The van der Waals surface area contributed by atoms with Crippen LogP contribution in [0.3, 0.4) is 0 Å². The van der Waals surface area contributed by atoms with Gasteiger partial charge in [-0.25, -0.2) is 0 Å². The Morgan fingerprint density at radius 1 is 0.607 bits per heavy atom. The summed E-state index contributed by atoms with van der Waals surface area (Å²) in [5.74, 6) is 2.35. The van der Waals surface area contributed by atoms with Crippen LogP contribution in [0, 0.1) is 39.4 Å². The van der Waals surface area contributed by atoms with Gasteiger partial charge in [-0.15, -0.1) is 0 Å². The molecule has 2 unspecified atom stereocenters. The van der Waals surface area contributed by atoms with E-state index in [0.717, 1.165) is 17.8 Å². The van der Waals surface area contributed by atoms with Crippen LogP contribution in [0.2, 0.25) is 0 Å². The third-order valence-electron chi connectivity index (χ3n) is 6.89. The van der Waals surface area contributed by atoms with Gasteiger partial charge in [0.2, 0.25) is 0 Å². The highest BCUT2D eigenvalue weighted by atomic mass is 14.5. The van der Waals surface area contributed by atoms with Gasteiger partial charge < -0.3 is 0 Å². The lowest BCUT2D eigenvalue weighted by Gasteiger charge is -2.48. The van der Waals surface area contributed by atoms with Gasteiger partial charge in [-0.1, -0.05) is 131 Å². The van der Waals surface area contributed by atoms with Gasteiger partial charge in [-0.2, -0.15) is 0 Å². The molecule has 0 aromatic carbocycles. The largest absolute Gasteiger partial charge is 0.0656 e. The Bertz CT molecular complexity index is 359. The van der Waals surface area contributed by atoms with Gasteiger partial charge in [0, 0.05) is 0 Å². The monoisotopic (exact) mass is 398 g/mol. The maximum atomic E-state index is 2.48. The van der Waals surface area contributed by atoms with E-state index < -0.39 is 0 Å². The Morgan fingerprint density at radius 3 is 1.18 bits per heavy atom. The number of hydrogen-bond acceptors (Lipinski definition) is 0. The van der Waals surface area contributed by atoms with Crippen molar-refractivity contribution < 1.29 is 0 Å². The molecule has 0 amide bonds. The summed E-state index contributed by atoms with van der Waals surface area (Å²) in [5.41, 5.74) is 1.62. The first-order valence-electron chi connectivity index (χ1n) is 12.2. The molecule has 174 valence electrons. The summed E-state index contributed by atoms with van der Waals surface area (Å²) >= 11 is 0. The zero-order chi connectivity index (χ0) is 23.6. The molecule has 2 atom stereocenters. The Labute approximate surface area is 183 Å². The van der Waals surface area contributed by atoms with Crippen LogP contribution in [0.5, 0.6) is 0 Å². The standard InChI is InChI=1S/C21H44.C4H10.C3H8/c1-13-20(9,10)21(11,12)17(3)14-16(2)19(7,8)15-18(4,5)6;1-4(2)3;1-3-2/h16-17H,13-15H2,1-12H3;4H,1-3H3;3H2,1-2H3. The van der Waals surface area contributed by atoms with E-state index in [4.69, 9.17) is 0 Å². The summed E-state index contributed by atoms with van der Waals surface area (Å²) in [6.07, 6.45) is 5.13. The molecule has 0 nitrogen and oxygen atoms in total. The summed E-state index contributed by atoms with van der Waals surface area (Å²) in [7, 11) is 0. The average Bonchev–Trinajstić information content (AvgIpc) is 2.44. The van der Waals surface area contributed by atoms with Gasteiger partial charge in [0.15, 0.2) is 0 Å². The van der Waals surface area contributed by atoms with Crippen LogP contribution in [0.1, 0.15) is 143 Å². The summed E-state index contributed by atoms with van der Waals surface area (Å²) < 4.78 is 0. The molecule has 0 fully saturated rings. The molecule has 0 N–H and O–H groups in total. The first-order valence-corrected chi connectivity index (χ1v) is 12.2. The van der Waals surface area contributed by atoms with E-state index in [-0.39, 0.29) is 0 Å². The van der Waals surface area contributed by atoms with Gasteiger partial charge in [-0.05, 0) is 52.3 Å². The maximum absolute atomic E-state index is 2.48. The van der Waals surface area contributed by atoms with Crippen molar-refractivity contribution in [3.63, 3.8) is 0 Å². The Morgan fingerprint density at radius 2 is 0.929 bits per heavy atom. The average molecular weight is 399 g/mol. The van der Waals surface area contributed by atoms with Crippen molar-refractivity contribution in [1.82, 2.24) is 0 Å². The molecular weight excluding hydrogens is 336 g/mol. The van der Waals surface area contributed by atoms with Gasteiger partial charge in [0.05, 0.1) is 0 Å². The molecule has 0 heterocycles. The lowest BCUT2D eigenvalue weighted by atomic mass is 9.57. The minimum absolute atomic E-state index is 0.383. The van der Waals surface area contributed by atoms with Crippen LogP contribution >= 0.6 is 0 Å². The minimum Gasteiger partial charge on any atom is -0.0656 e. The van der Waals surface area contributed by atoms with Gasteiger partial charge in [0.1, 0.15) is 0 Å². The smallest absolute Gasteiger partial charge is 0.0277 e. The van der Waals surface area contributed by atoms with E-state index in [0.29, 0.717) is 21.7 Å². The van der Waals surface area contributed by atoms with E-state index in [1.54, 1.807) is 0 Å². The zero-order valence-electron chi connectivity index (χ0n) is 23.6. The van der Waals surface area contributed by atoms with Crippen molar-refractivity contribution in [2.24, 2.45) is 39.4 Å². The minimum atomic E-state index is 0.383. The molecule has 0 saturated heterocycles. The lowest BCUT2D eigenvalue weighted by molar-refractivity contribution is 0.0154. The van der Waals surface area contributed by atoms with E-state index >= 15 is 0 Å². The molecule has 0 radical (unpaired) electrons. The lowest BCUT2D eigenvalue weighted by Crippen LogP contribution is -2.39. The quantitative estimate of drug-likeness (QED) is 0.400. The molecule has 0 aliphatic carbocycles. The highest BCUT2D eigenvalue weighted by Crippen LogP contribution is 2.50. The molecule has 0 aromatic rings. The first-order chi connectivity index (χ1) is 12.2. The second kappa shape index (κ2) is 13.3. The highest BCUT2D eigenvalue weighted by Gasteiger charge is 2.41. The van der Waals surface area contributed by atoms with Crippen LogP contribution in [0.15, 0.2) is 0 Å². The third-order valence-corrected chi connectivity index (χ3v) is 6.89. The second-order valence-corrected chi connectivity index (χ2v) is 13.2. The molecule has 0 bridgehead atoms. The van der Waals surface area contributed by atoms with Crippen LogP contribution in [0.4, 0.5) is 0 Å². The van der Waals surface area contributed by atoms with Crippen molar-refractivity contribution in [3.05, 3.63) is 0 Å². The highest BCUT2D eigenvalue weighted by molar-refractivity contribution is 4.91. The van der Waals surface area contributed by atoms with Crippen molar-refractivity contribution in [2.75, 3.05) is 0 Å². The fourth-order valence-electron chi connectivity index (χ4n) is 3.81. The van der Waals surface area contributed by atoms with E-state index in [9.17, 15) is 0 Å². The van der Waals surface area contributed by atoms with Gasteiger partial charge in [-0.3, -0.25) is 0 Å².